The number of carbonyl (C=O) groups excluding carboxylic acids is 2. The Hall–Kier alpha value is -1.91. The van der Waals surface area contributed by atoms with E-state index < -0.39 is 5.91 Å². The standard InChI is InChI=1S/C10H13N3O2/c1-6(2)10(15)13-7-4-3-5-12-8(7)9(11)14/h3-6H,1-2H3,(H2,11,14)(H,13,15). The van der Waals surface area contributed by atoms with Crippen LogP contribution in [0.5, 0.6) is 0 Å². The number of hydrogen-bond acceptors (Lipinski definition) is 3. The van der Waals surface area contributed by atoms with E-state index in [0.717, 1.165) is 0 Å². The molecule has 3 N–H and O–H groups in total. The van der Waals surface area contributed by atoms with E-state index in [1.165, 1.54) is 6.20 Å². The predicted molar refractivity (Wildman–Crippen MR) is 56.2 cm³/mol. The van der Waals surface area contributed by atoms with E-state index in [2.05, 4.69) is 10.3 Å². The van der Waals surface area contributed by atoms with Gasteiger partial charge in [0.15, 0.2) is 5.69 Å². The van der Waals surface area contributed by atoms with Crippen LogP contribution in [0.2, 0.25) is 0 Å². The molecule has 5 nitrogen and oxygen atoms in total. The summed E-state index contributed by atoms with van der Waals surface area (Å²) in [6.07, 6.45) is 1.45. The summed E-state index contributed by atoms with van der Waals surface area (Å²) >= 11 is 0. The maximum absolute atomic E-state index is 11.4. The molecule has 0 aliphatic heterocycles. The summed E-state index contributed by atoms with van der Waals surface area (Å²) in [6.45, 7) is 3.52. The van der Waals surface area contributed by atoms with Gasteiger partial charge in [0.25, 0.3) is 5.91 Å². The average Bonchev–Trinajstić information content (AvgIpc) is 2.18. The number of anilines is 1. The summed E-state index contributed by atoms with van der Waals surface area (Å²) < 4.78 is 0. The average molecular weight is 207 g/mol. The van der Waals surface area contributed by atoms with Crippen LogP contribution in [0, 0.1) is 5.92 Å². The van der Waals surface area contributed by atoms with Gasteiger partial charge >= 0.3 is 0 Å². The number of amides is 2. The molecular formula is C10H13N3O2. The zero-order chi connectivity index (χ0) is 11.4. The number of pyridine rings is 1. The molecule has 0 aliphatic rings. The second-order valence-corrected chi connectivity index (χ2v) is 3.41. The van der Waals surface area contributed by atoms with Crippen molar-refractivity contribution in [1.29, 1.82) is 0 Å². The fraction of sp³-hybridized carbons (Fsp3) is 0.300. The SMILES string of the molecule is CC(C)C(=O)Nc1cccnc1C(N)=O. The monoisotopic (exact) mass is 207 g/mol. The van der Waals surface area contributed by atoms with Crippen LogP contribution in [0.15, 0.2) is 18.3 Å². The van der Waals surface area contributed by atoms with Gasteiger partial charge in [-0.3, -0.25) is 9.59 Å². The van der Waals surface area contributed by atoms with Gasteiger partial charge in [-0.15, -0.1) is 0 Å². The minimum Gasteiger partial charge on any atom is -0.364 e. The molecule has 0 fully saturated rings. The van der Waals surface area contributed by atoms with Crippen LogP contribution in [0.1, 0.15) is 24.3 Å². The molecule has 0 bridgehead atoms. The van der Waals surface area contributed by atoms with E-state index in [1.807, 2.05) is 0 Å². The molecule has 15 heavy (non-hydrogen) atoms. The number of nitrogens with two attached hydrogens (primary N) is 1. The highest BCUT2D eigenvalue weighted by atomic mass is 16.2. The van der Waals surface area contributed by atoms with Crippen LogP contribution in [0.3, 0.4) is 0 Å². The summed E-state index contributed by atoms with van der Waals surface area (Å²) in [6, 6.07) is 3.22. The van der Waals surface area contributed by atoms with Gasteiger partial charge in [0.2, 0.25) is 5.91 Å². The lowest BCUT2D eigenvalue weighted by molar-refractivity contribution is -0.118. The molecule has 0 radical (unpaired) electrons. The molecule has 1 aromatic rings. The Balaban J connectivity index is 2.94. The Bertz CT molecular complexity index is 388. The summed E-state index contributed by atoms with van der Waals surface area (Å²) in [5, 5.41) is 2.59. The summed E-state index contributed by atoms with van der Waals surface area (Å²) in [5.74, 6) is -0.994. The molecule has 0 aliphatic carbocycles. The molecule has 80 valence electrons. The van der Waals surface area contributed by atoms with Gasteiger partial charge in [-0.05, 0) is 12.1 Å². The second-order valence-electron chi connectivity index (χ2n) is 3.41. The second kappa shape index (κ2) is 4.54. The highest BCUT2D eigenvalue weighted by molar-refractivity contribution is 6.01. The van der Waals surface area contributed by atoms with Crippen LogP contribution >= 0.6 is 0 Å². The first-order valence-corrected chi connectivity index (χ1v) is 4.58. The number of hydrogen-bond donors (Lipinski definition) is 2. The fourth-order valence-electron chi connectivity index (χ4n) is 0.980. The maximum atomic E-state index is 11.4. The van der Waals surface area contributed by atoms with Gasteiger partial charge in [-0.1, -0.05) is 13.8 Å². The molecular weight excluding hydrogens is 194 g/mol. The van der Waals surface area contributed by atoms with Crippen molar-refractivity contribution in [3.8, 4) is 0 Å². The molecule has 0 spiro atoms. The third-order valence-corrected chi connectivity index (χ3v) is 1.82. The first kappa shape index (κ1) is 11.2. The highest BCUT2D eigenvalue weighted by Gasteiger charge is 2.13. The van der Waals surface area contributed by atoms with Crippen molar-refractivity contribution in [2.24, 2.45) is 11.7 Å². The van der Waals surface area contributed by atoms with Gasteiger partial charge in [-0.2, -0.15) is 0 Å². The van der Waals surface area contributed by atoms with Crippen molar-refractivity contribution in [2.45, 2.75) is 13.8 Å². The van der Waals surface area contributed by atoms with Crippen molar-refractivity contribution < 1.29 is 9.59 Å². The molecule has 1 aromatic heterocycles. The predicted octanol–water partition coefficient (Wildman–Crippen LogP) is 0.775. The first-order chi connectivity index (χ1) is 7.02. The summed E-state index contributed by atoms with van der Waals surface area (Å²) in [4.78, 5) is 26.2. The Labute approximate surface area is 87.7 Å². The van der Waals surface area contributed by atoms with Crippen molar-refractivity contribution in [3.05, 3.63) is 24.0 Å². The van der Waals surface area contributed by atoms with E-state index in [-0.39, 0.29) is 17.5 Å². The van der Waals surface area contributed by atoms with Gasteiger partial charge in [0.1, 0.15) is 0 Å². The molecule has 5 heteroatoms. The zero-order valence-corrected chi connectivity index (χ0v) is 8.65. The van der Waals surface area contributed by atoms with Crippen molar-refractivity contribution >= 4 is 17.5 Å². The van der Waals surface area contributed by atoms with Gasteiger partial charge in [0, 0.05) is 12.1 Å². The van der Waals surface area contributed by atoms with E-state index in [4.69, 9.17) is 5.73 Å². The minimum atomic E-state index is -0.658. The molecule has 0 atom stereocenters. The first-order valence-electron chi connectivity index (χ1n) is 4.58. The van der Waals surface area contributed by atoms with Crippen LogP contribution in [-0.4, -0.2) is 16.8 Å². The van der Waals surface area contributed by atoms with Gasteiger partial charge in [-0.25, -0.2) is 4.98 Å². The Morgan fingerprint density at radius 2 is 2.13 bits per heavy atom. The molecule has 0 saturated carbocycles. The number of rotatable bonds is 3. The van der Waals surface area contributed by atoms with Crippen LogP contribution in [-0.2, 0) is 4.79 Å². The molecule has 0 saturated heterocycles. The smallest absolute Gasteiger partial charge is 0.269 e. The number of aromatic nitrogens is 1. The minimum absolute atomic E-state index is 0.0755. The lowest BCUT2D eigenvalue weighted by atomic mass is 10.2. The molecule has 2 amide bonds. The van der Waals surface area contributed by atoms with Crippen LogP contribution < -0.4 is 11.1 Å². The Kier molecular flexibility index (Phi) is 3.38. The van der Waals surface area contributed by atoms with Crippen molar-refractivity contribution in [3.63, 3.8) is 0 Å². The summed E-state index contributed by atoms with van der Waals surface area (Å²) in [7, 11) is 0. The lowest BCUT2D eigenvalue weighted by Gasteiger charge is -2.09. The molecule has 0 aromatic carbocycles. The number of nitrogens with zero attached hydrogens (tertiary/aromatic N) is 1. The Morgan fingerprint density at radius 1 is 1.47 bits per heavy atom. The number of carbonyl (C=O) groups is 2. The number of nitrogens with one attached hydrogen (secondary N) is 1. The zero-order valence-electron chi connectivity index (χ0n) is 8.65. The third-order valence-electron chi connectivity index (χ3n) is 1.82. The number of primary amides is 1. The van der Waals surface area contributed by atoms with E-state index in [1.54, 1.807) is 26.0 Å². The third kappa shape index (κ3) is 2.77. The van der Waals surface area contributed by atoms with Crippen molar-refractivity contribution in [1.82, 2.24) is 4.98 Å². The van der Waals surface area contributed by atoms with Crippen LogP contribution in [0.4, 0.5) is 5.69 Å². The Morgan fingerprint density at radius 3 is 2.67 bits per heavy atom. The molecule has 1 heterocycles. The normalized spacial score (nSPS) is 10.1. The molecule has 0 unspecified atom stereocenters. The maximum Gasteiger partial charge on any atom is 0.269 e. The fourth-order valence-corrected chi connectivity index (χ4v) is 0.980. The quantitative estimate of drug-likeness (QED) is 0.767. The highest BCUT2D eigenvalue weighted by Crippen LogP contribution is 2.12. The summed E-state index contributed by atoms with van der Waals surface area (Å²) in [5.41, 5.74) is 5.54. The lowest BCUT2D eigenvalue weighted by Crippen LogP contribution is -2.22. The van der Waals surface area contributed by atoms with Gasteiger partial charge < -0.3 is 11.1 Å². The van der Waals surface area contributed by atoms with Crippen molar-refractivity contribution in [2.75, 3.05) is 5.32 Å². The largest absolute Gasteiger partial charge is 0.364 e. The van der Waals surface area contributed by atoms with E-state index in [9.17, 15) is 9.59 Å². The topological polar surface area (TPSA) is 85.1 Å². The van der Waals surface area contributed by atoms with E-state index in [0.29, 0.717) is 5.69 Å². The van der Waals surface area contributed by atoms with E-state index >= 15 is 0 Å². The van der Waals surface area contributed by atoms with Gasteiger partial charge in [0.05, 0.1) is 5.69 Å². The molecule has 1 rings (SSSR count). The van der Waals surface area contributed by atoms with Crippen LogP contribution in [0.25, 0.3) is 0 Å².